The lowest BCUT2D eigenvalue weighted by atomic mass is 9.99. The lowest BCUT2D eigenvalue weighted by Gasteiger charge is -2.30. The van der Waals surface area contributed by atoms with Crippen LogP contribution in [0, 0.1) is 19.8 Å². The summed E-state index contributed by atoms with van der Waals surface area (Å²) in [4.78, 5) is 6.86. The van der Waals surface area contributed by atoms with Gasteiger partial charge in [-0.1, -0.05) is 6.92 Å². The minimum absolute atomic E-state index is 0.743. The molecule has 2 rings (SSSR count). The second kappa shape index (κ2) is 8.96. The number of aryl methyl sites for hydroxylation is 2. The van der Waals surface area contributed by atoms with Crippen LogP contribution in [0.4, 0.5) is 0 Å². The number of nitrogens with one attached hydrogen (secondary N) is 2. The Morgan fingerprint density at radius 2 is 2.04 bits per heavy atom. The van der Waals surface area contributed by atoms with Gasteiger partial charge in [0, 0.05) is 25.7 Å². The van der Waals surface area contributed by atoms with Crippen molar-refractivity contribution in [2.45, 2.75) is 46.6 Å². The topological polar surface area (TPSA) is 52.8 Å². The van der Waals surface area contributed by atoms with Gasteiger partial charge in [-0.3, -0.25) is 4.99 Å². The molecule has 0 aromatic carbocycles. The quantitative estimate of drug-likeness (QED) is 0.481. The van der Waals surface area contributed by atoms with Crippen molar-refractivity contribution < 1.29 is 4.42 Å². The molecule has 0 amide bonds. The first-order valence-electron chi connectivity index (χ1n) is 8.81. The monoisotopic (exact) mass is 320 g/mol. The summed E-state index contributed by atoms with van der Waals surface area (Å²) in [5.74, 6) is 3.70. The van der Waals surface area contributed by atoms with Gasteiger partial charge in [-0.15, -0.1) is 0 Å². The van der Waals surface area contributed by atoms with E-state index in [4.69, 9.17) is 4.42 Å². The summed E-state index contributed by atoms with van der Waals surface area (Å²) in [5.41, 5.74) is 1.19. The van der Waals surface area contributed by atoms with Gasteiger partial charge >= 0.3 is 0 Å². The molecule has 1 aliphatic rings. The summed E-state index contributed by atoms with van der Waals surface area (Å²) < 4.78 is 5.55. The van der Waals surface area contributed by atoms with Crippen molar-refractivity contribution in [2.24, 2.45) is 10.9 Å². The van der Waals surface area contributed by atoms with Crippen LogP contribution in [0.5, 0.6) is 0 Å². The molecule has 1 aromatic rings. The minimum Gasteiger partial charge on any atom is -0.466 e. The molecule has 1 aromatic heterocycles. The van der Waals surface area contributed by atoms with Crippen molar-refractivity contribution in [3.63, 3.8) is 0 Å². The summed E-state index contributed by atoms with van der Waals surface area (Å²) in [6.07, 6.45) is 3.85. The second-order valence-corrected chi connectivity index (χ2v) is 6.67. The smallest absolute Gasteiger partial charge is 0.191 e. The Hall–Kier alpha value is -1.49. The van der Waals surface area contributed by atoms with Gasteiger partial charge < -0.3 is 20.0 Å². The maximum absolute atomic E-state index is 5.55. The lowest BCUT2D eigenvalue weighted by Crippen LogP contribution is -2.39. The van der Waals surface area contributed by atoms with Gasteiger partial charge in [0.05, 0.1) is 0 Å². The van der Waals surface area contributed by atoms with Gasteiger partial charge in [-0.25, -0.2) is 0 Å². The Labute approximate surface area is 140 Å². The number of rotatable bonds is 6. The van der Waals surface area contributed by atoms with Crippen LogP contribution < -0.4 is 10.6 Å². The van der Waals surface area contributed by atoms with Crippen molar-refractivity contribution in [3.05, 3.63) is 23.2 Å². The zero-order valence-corrected chi connectivity index (χ0v) is 15.1. The normalized spacial score (nSPS) is 17.5. The zero-order chi connectivity index (χ0) is 16.7. The zero-order valence-electron chi connectivity index (χ0n) is 15.1. The molecule has 1 fully saturated rings. The second-order valence-electron chi connectivity index (χ2n) is 6.67. The van der Waals surface area contributed by atoms with Gasteiger partial charge in [0.25, 0.3) is 0 Å². The predicted molar refractivity (Wildman–Crippen MR) is 95.8 cm³/mol. The standard InChI is InChI=1S/C18H32N4O/c1-14-6-10-22(11-7-14)9-5-8-20-18(19-4)21-13-17-12-15(2)23-16(17)3/h12,14H,5-11,13H2,1-4H3,(H2,19,20,21). The number of hydrogen-bond acceptors (Lipinski definition) is 3. The summed E-state index contributed by atoms with van der Waals surface area (Å²) in [5, 5.41) is 6.75. The molecule has 5 heteroatoms. The van der Waals surface area contributed by atoms with Crippen LogP contribution in [0.3, 0.4) is 0 Å². The number of nitrogens with zero attached hydrogens (tertiary/aromatic N) is 2. The molecule has 0 unspecified atom stereocenters. The Bertz CT molecular complexity index is 501. The van der Waals surface area contributed by atoms with E-state index in [1.54, 1.807) is 0 Å². The molecule has 0 atom stereocenters. The molecule has 0 spiro atoms. The highest BCUT2D eigenvalue weighted by Gasteiger charge is 2.14. The highest BCUT2D eigenvalue weighted by molar-refractivity contribution is 5.79. The van der Waals surface area contributed by atoms with E-state index in [0.29, 0.717) is 0 Å². The van der Waals surface area contributed by atoms with Crippen LogP contribution in [0.2, 0.25) is 0 Å². The van der Waals surface area contributed by atoms with Gasteiger partial charge in [0.2, 0.25) is 0 Å². The largest absolute Gasteiger partial charge is 0.466 e. The average molecular weight is 320 g/mol. The third kappa shape index (κ3) is 5.90. The van der Waals surface area contributed by atoms with Gasteiger partial charge in [0.15, 0.2) is 5.96 Å². The van der Waals surface area contributed by atoms with Crippen LogP contribution in [0.15, 0.2) is 15.5 Å². The molecule has 0 saturated carbocycles. The van der Waals surface area contributed by atoms with E-state index in [9.17, 15) is 0 Å². The van der Waals surface area contributed by atoms with Crippen LogP contribution in [0.25, 0.3) is 0 Å². The molecular weight excluding hydrogens is 288 g/mol. The Balaban J connectivity index is 1.62. The molecule has 0 aliphatic carbocycles. The predicted octanol–water partition coefficient (Wildman–Crippen LogP) is 2.68. The minimum atomic E-state index is 0.743. The maximum atomic E-state index is 5.55. The fraction of sp³-hybridized carbons (Fsp3) is 0.722. The number of furan rings is 1. The Kier molecular flexibility index (Phi) is 6.96. The number of aliphatic imine (C=N–C) groups is 1. The first-order chi connectivity index (χ1) is 11.1. The molecule has 1 saturated heterocycles. The highest BCUT2D eigenvalue weighted by atomic mass is 16.3. The molecule has 2 N–H and O–H groups in total. The number of hydrogen-bond donors (Lipinski definition) is 2. The first-order valence-corrected chi connectivity index (χ1v) is 8.81. The summed E-state index contributed by atoms with van der Waals surface area (Å²) in [7, 11) is 1.81. The molecular formula is C18H32N4O. The van der Waals surface area contributed by atoms with Gasteiger partial charge in [-0.2, -0.15) is 0 Å². The average Bonchev–Trinajstić information content (AvgIpc) is 2.86. The highest BCUT2D eigenvalue weighted by Crippen LogP contribution is 2.15. The van der Waals surface area contributed by atoms with Gasteiger partial charge in [-0.05, 0) is 64.7 Å². The molecule has 1 aliphatic heterocycles. The van der Waals surface area contributed by atoms with E-state index in [2.05, 4.69) is 33.5 Å². The van der Waals surface area contributed by atoms with Crippen molar-refractivity contribution in [3.8, 4) is 0 Å². The third-order valence-corrected chi connectivity index (χ3v) is 4.63. The molecule has 2 heterocycles. The molecule has 23 heavy (non-hydrogen) atoms. The number of piperidine rings is 1. The summed E-state index contributed by atoms with van der Waals surface area (Å²) in [6, 6.07) is 2.08. The third-order valence-electron chi connectivity index (χ3n) is 4.63. The van der Waals surface area contributed by atoms with Gasteiger partial charge in [0.1, 0.15) is 11.5 Å². The first kappa shape index (κ1) is 17.9. The van der Waals surface area contributed by atoms with Crippen molar-refractivity contribution >= 4 is 5.96 Å². The van der Waals surface area contributed by atoms with Crippen LogP contribution in [-0.4, -0.2) is 44.1 Å². The number of guanidine groups is 1. The van der Waals surface area contributed by atoms with Crippen LogP contribution in [0.1, 0.15) is 43.3 Å². The van der Waals surface area contributed by atoms with E-state index < -0.39 is 0 Å². The van der Waals surface area contributed by atoms with Crippen LogP contribution >= 0.6 is 0 Å². The van der Waals surface area contributed by atoms with Crippen molar-refractivity contribution in [2.75, 3.05) is 33.2 Å². The Morgan fingerprint density at radius 3 is 2.65 bits per heavy atom. The van der Waals surface area contributed by atoms with Crippen LogP contribution in [-0.2, 0) is 6.54 Å². The lowest BCUT2D eigenvalue weighted by molar-refractivity contribution is 0.191. The fourth-order valence-electron chi connectivity index (χ4n) is 3.05. The van der Waals surface area contributed by atoms with E-state index in [1.807, 2.05) is 20.9 Å². The fourth-order valence-corrected chi connectivity index (χ4v) is 3.05. The van der Waals surface area contributed by atoms with E-state index >= 15 is 0 Å². The molecule has 130 valence electrons. The molecule has 0 bridgehead atoms. The Morgan fingerprint density at radius 1 is 1.30 bits per heavy atom. The maximum Gasteiger partial charge on any atom is 0.191 e. The van der Waals surface area contributed by atoms with E-state index in [0.717, 1.165) is 42.9 Å². The SMILES string of the molecule is CN=C(NCCCN1CCC(C)CC1)NCc1cc(C)oc1C. The summed E-state index contributed by atoms with van der Waals surface area (Å²) >= 11 is 0. The number of likely N-dealkylation sites (tertiary alicyclic amines) is 1. The molecule has 5 nitrogen and oxygen atoms in total. The molecule has 0 radical (unpaired) electrons. The van der Waals surface area contributed by atoms with E-state index in [-0.39, 0.29) is 0 Å². The van der Waals surface area contributed by atoms with Crippen molar-refractivity contribution in [1.29, 1.82) is 0 Å². The van der Waals surface area contributed by atoms with Crippen molar-refractivity contribution in [1.82, 2.24) is 15.5 Å². The summed E-state index contributed by atoms with van der Waals surface area (Å²) in [6.45, 7) is 11.7. The van der Waals surface area contributed by atoms with E-state index in [1.165, 1.54) is 38.0 Å².